The molecule has 0 aromatic heterocycles. The monoisotopic (exact) mass is 247 g/mol. The molecule has 1 atom stereocenters. The molecular formula is C14H14FNO2. The Hall–Kier alpha value is -2.23. The van der Waals surface area contributed by atoms with Gasteiger partial charge in [0.15, 0.2) is 0 Å². The highest BCUT2D eigenvalue weighted by Crippen LogP contribution is 2.30. The van der Waals surface area contributed by atoms with Crippen LogP contribution in [-0.4, -0.2) is 10.2 Å². The number of halogens is 1. The predicted octanol–water partition coefficient (Wildman–Crippen LogP) is 3.41. The Balaban J connectivity index is 2.25. The van der Waals surface area contributed by atoms with E-state index < -0.39 is 0 Å². The first kappa shape index (κ1) is 12.2. The van der Waals surface area contributed by atoms with Crippen LogP contribution in [0.15, 0.2) is 42.5 Å². The maximum atomic E-state index is 13.5. The van der Waals surface area contributed by atoms with Crippen molar-refractivity contribution in [3.05, 3.63) is 53.8 Å². The van der Waals surface area contributed by atoms with E-state index in [9.17, 15) is 14.6 Å². The number of aromatic hydroxyl groups is 2. The number of rotatable bonds is 3. The zero-order chi connectivity index (χ0) is 13.1. The van der Waals surface area contributed by atoms with E-state index in [0.29, 0.717) is 11.3 Å². The predicted molar refractivity (Wildman–Crippen MR) is 68.2 cm³/mol. The number of hydrogen-bond acceptors (Lipinski definition) is 3. The van der Waals surface area contributed by atoms with Crippen molar-refractivity contribution in [2.75, 3.05) is 5.32 Å². The molecular weight excluding hydrogens is 233 g/mol. The number of para-hydroxylation sites is 1. The molecule has 1 unspecified atom stereocenters. The Morgan fingerprint density at radius 2 is 1.83 bits per heavy atom. The van der Waals surface area contributed by atoms with Crippen molar-refractivity contribution in [3.8, 4) is 11.5 Å². The van der Waals surface area contributed by atoms with Gasteiger partial charge in [-0.3, -0.25) is 0 Å². The SMILES string of the molecule is CC(Nc1ccccc1F)c1cc(O)ccc1O. The number of benzene rings is 2. The van der Waals surface area contributed by atoms with Crippen molar-refractivity contribution in [1.82, 2.24) is 0 Å². The summed E-state index contributed by atoms with van der Waals surface area (Å²) in [7, 11) is 0. The third kappa shape index (κ3) is 2.53. The van der Waals surface area contributed by atoms with E-state index in [0.717, 1.165) is 0 Å². The molecule has 3 N–H and O–H groups in total. The minimum Gasteiger partial charge on any atom is -0.508 e. The Morgan fingerprint density at radius 1 is 1.11 bits per heavy atom. The zero-order valence-electron chi connectivity index (χ0n) is 9.89. The van der Waals surface area contributed by atoms with Crippen molar-refractivity contribution in [1.29, 1.82) is 0 Å². The first-order valence-electron chi connectivity index (χ1n) is 5.61. The fourth-order valence-electron chi connectivity index (χ4n) is 1.78. The molecule has 0 aliphatic heterocycles. The minimum atomic E-state index is -0.357. The van der Waals surface area contributed by atoms with Gasteiger partial charge in [-0.25, -0.2) is 4.39 Å². The van der Waals surface area contributed by atoms with Crippen LogP contribution in [-0.2, 0) is 0 Å². The normalized spacial score (nSPS) is 12.1. The van der Waals surface area contributed by atoms with Crippen LogP contribution < -0.4 is 5.32 Å². The van der Waals surface area contributed by atoms with Gasteiger partial charge in [0.05, 0.1) is 11.7 Å². The summed E-state index contributed by atoms with van der Waals surface area (Å²) in [4.78, 5) is 0. The molecule has 2 aromatic rings. The third-order valence-corrected chi connectivity index (χ3v) is 2.72. The fraction of sp³-hybridized carbons (Fsp3) is 0.143. The van der Waals surface area contributed by atoms with Gasteiger partial charge < -0.3 is 15.5 Å². The molecule has 4 heteroatoms. The van der Waals surface area contributed by atoms with Gasteiger partial charge in [0.25, 0.3) is 0 Å². The van der Waals surface area contributed by atoms with Gasteiger partial charge in [-0.05, 0) is 37.3 Å². The van der Waals surface area contributed by atoms with Gasteiger partial charge in [0.2, 0.25) is 0 Å². The molecule has 0 aliphatic carbocycles. The maximum absolute atomic E-state index is 13.5. The second-order valence-electron chi connectivity index (χ2n) is 4.09. The molecule has 0 saturated heterocycles. The number of nitrogens with one attached hydrogen (secondary N) is 1. The molecule has 3 nitrogen and oxygen atoms in total. The van der Waals surface area contributed by atoms with Crippen LogP contribution in [0, 0.1) is 5.82 Å². The van der Waals surface area contributed by atoms with E-state index in [1.54, 1.807) is 25.1 Å². The molecule has 94 valence electrons. The molecule has 18 heavy (non-hydrogen) atoms. The lowest BCUT2D eigenvalue weighted by molar-refractivity contribution is 0.451. The maximum Gasteiger partial charge on any atom is 0.146 e. The van der Waals surface area contributed by atoms with Gasteiger partial charge in [0, 0.05) is 5.56 Å². The quantitative estimate of drug-likeness (QED) is 0.728. The largest absolute Gasteiger partial charge is 0.508 e. The molecule has 0 aliphatic rings. The number of phenols is 2. The number of hydrogen-bond donors (Lipinski definition) is 3. The highest BCUT2D eigenvalue weighted by atomic mass is 19.1. The third-order valence-electron chi connectivity index (χ3n) is 2.72. The number of phenolic OH excluding ortho intramolecular Hbond substituents is 2. The summed E-state index contributed by atoms with van der Waals surface area (Å²) in [6.07, 6.45) is 0. The first-order valence-corrected chi connectivity index (χ1v) is 5.61. The molecule has 2 aromatic carbocycles. The van der Waals surface area contributed by atoms with Crippen LogP contribution in [0.3, 0.4) is 0 Å². The molecule has 0 radical (unpaired) electrons. The second-order valence-corrected chi connectivity index (χ2v) is 4.09. The topological polar surface area (TPSA) is 52.5 Å². The first-order chi connectivity index (χ1) is 8.58. The summed E-state index contributed by atoms with van der Waals surface area (Å²) in [6, 6.07) is 10.2. The van der Waals surface area contributed by atoms with Gasteiger partial charge >= 0.3 is 0 Å². The summed E-state index contributed by atoms with van der Waals surface area (Å²) in [5.41, 5.74) is 0.867. The summed E-state index contributed by atoms with van der Waals surface area (Å²) >= 11 is 0. The Labute approximate surface area is 105 Å². The molecule has 0 bridgehead atoms. The molecule has 0 amide bonds. The van der Waals surface area contributed by atoms with Crippen LogP contribution in [0.2, 0.25) is 0 Å². The summed E-state index contributed by atoms with van der Waals surface area (Å²) < 4.78 is 13.5. The molecule has 0 spiro atoms. The standard InChI is InChI=1S/C14H14FNO2/c1-9(11-8-10(17)6-7-14(11)18)16-13-5-3-2-4-12(13)15/h2-9,16-18H,1H3. The Kier molecular flexibility index (Phi) is 3.37. The fourth-order valence-corrected chi connectivity index (χ4v) is 1.78. The van der Waals surface area contributed by atoms with Gasteiger partial charge in [-0.1, -0.05) is 12.1 Å². The lowest BCUT2D eigenvalue weighted by Crippen LogP contribution is -2.08. The molecule has 0 fully saturated rings. The molecule has 2 rings (SSSR count). The van der Waals surface area contributed by atoms with Crippen molar-refractivity contribution >= 4 is 5.69 Å². The van der Waals surface area contributed by atoms with E-state index in [1.807, 2.05) is 0 Å². The molecule has 0 saturated carbocycles. The van der Waals surface area contributed by atoms with Crippen LogP contribution >= 0.6 is 0 Å². The van der Waals surface area contributed by atoms with E-state index in [2.05, 4.69) is 5.32 Å². The van der Waals surface area contributed by atoms with Crippen LogP contribution in [0.5, 0.6) is 11.5 Å². The Bertz CT molecular complexity index is 557. The van der Waals surface area contributed by atoms with E-state index in [-0.39, 0.29) is 23.4 Å². The highest BCUT2D eigenvalue weighted by molar-refractivity contribution is 5.49. The van der Waals surface area contributed by atoms with Crippen molar-refractivity contribution in [2.24, 2.45) is 0 Å². The summed E-state index contributed by atoms with van der Waals surface area (Å²) in [5, 5.41) is 22.1. The average Bonchev–Trinajstić information content (AvgIpc) is 2.35. The second kappa shape index (κ2) is 4.96. The van der Waals surface area contributed by atoms with Gasteiger partial charge in [-0.15, -0.1) is 0 Å². The summed E-state index contributed by atoms with van der Waals surface area (Å²) in [5.74, 6) is -0.238. The van der Waals surface area contributed by atoms with Crippen LogP contribution in [0.25, 0.3) is 0 Å². The van der Waals surface area contributed by atoms with Gasteiger partial charge in [0.1, 0.15) is 17.3 Å². The zero-order valence-corrected chi connectivity index (χ0v) is 9.89. The smallest absolute Gasteiger partial charge is 0.146 e. The van der Waals surface area contributed by atoms with Crippen molar-refractivity contribution < 1.29 is 14.6 Å². The lowest BCUT2D eigenvalue weighted by atomic mass is 10.1. The van der Waals surface area contributed by atoms with Crippen molar-refractivity contribution in [3.63, 3.8) is 0 Å². The highest BCUT2D eigenvalue weighted by Gasteiger charge is 2.12. The van der Waals surface area contributed by atoms with Crippen LogP contribution in [0.4, 0.5) is 10.1 Å². The van der Waals surface area contributed by atoms with Gasteiger partial charge in [-0.2, -0.15) is 0 Å². The molecule has 0 heterocycles. The lowest BCUT2D eigenvalue weighted by Gasteiger charge is -2.17. The Morgan fingerprint density at radius 3 is 2.56 bits per heavy atom. The van der Waals surface area contributed by atoms with E-state index >= 15 is 0 Å². The minimum absolute atomic E-state index is 0.0594. The van der Waals surface area contributed by atoms with E-state index in [4.69, 9.17) is 0 Å². The van der Waals surface area contributed by atoms with Crippen molar-refractivity contribution in [2.45, 2.75) is 13.0 Å². The van der Waals surface area contributed by atoms with E-state index in [1.165, 1.54) is 24.3 Å². The summed E-state index contributed by atoms with van der Waals surface area (Å²) in [6.45, 7) is 1.78. The average molecular weight is 247 g/mol. The number of anilines is 1. The van der Waals surface area contributed by atoms with Crippen LogP contribution in [0.1, 0.15) is 18.5 Å².